The quantitative estimate of drug-likeness (QED) is 0.698. The van der Waals surface area contributed by atoms with Crippen LogP contribution in [0.25, 0.3) is 10.8 Å². The standard InChI is InChI=1S/C20H14ClFN2O2/c21-16-10-15(7-8-17(16)22)24-19(25)11-18(20(24)26)23-14-6-5-12-3-1-2-4-13(12)9-14/h1-10,18,23H,11H2/t18-/m1/s1. The molecule has 1 aliphatic heterocycles. The van der Waals surface area contributed by atoms with Crippen molar-refractivity contribution >= 4 is 45.6 Å². The molecule has 3 aromatic rings. The number of nitrogens with one attached hydrogen (secondary N) is 1. The third-order valence-electron chi connectivity index (χ3n) is 4.40. The van der Waals surface area contributed by atoms with Crippen molar-refractivity contribution in [1.82, 2.24) is 0 Å². The van der Waals surface area contributed by atoms with Gasteiger partial charge in [0.15, 0.2) is 0 Å². The van der Waals surface area contributed by atoms with Crippen LogP contribution in [0, 0.1) is 5.82 Å². The molecule has 1 heterocycles. The number of rotatable bonds is 3. The Morgan fingerprint density at radius 2 is 1.77 bits per heavy atom. The molecule has 0 saturated carbocycles. The summed E-state index contributed by atoms with van der Waals surface area (Å²) in [5, 5.41) is 5.12. The lowest BCUT2D eigenvalue weighted by Crippen LogP contribution is -2.34. The molecule has 1 atom stereocenters. The predicted molar refractivity (Wildman–Crippen MR) is 99.9 cm³/mol. The first-order valence-corrected chi connectivity index (χ1v) is 8.48. The van der Waals surface area contributed by atoms with E-state index in [0.29, 0.717) is 0 Å². The van der Waals surface area contributed by atoms with Gasteiger partial charge in [0.25, 0.3) is 5.91 Å². The maximum Gasteiger partial charge on any atom is 0.256 e. The van der Waals surface area contributed by atoms with Gasteiger partial charge in [-0.3, -0.25) is 9.59 Å². The van der Waals surface area contributed by atoms with Crippen molar-refractivity contribution in [1.29, 1.82) is 0 Å². The van der Waals surface area contributed by atoms with E-state index in [9.17, 15) is 14.0 Å². The number of amides is 2. The number of hydrogen-bond acceptors (Lipinski definition) is 3. The van der Waals surface area contributed by atoms with Gasteiger partial charge in [-0.1, -0.05) is 41.9 Å². The average Bonchev–Trinajstić information content (AvgIpc) is 2.91. The summed E-state index contributed by atoms with van der Waals surface area (Å²) in [4.78, 5) is 26.1. The Balaban J connectivity index is 1.59. The van der Waals surface area contributed by atoms with Gasteiger partial charge in [0.1, 0.15) is 11.9 Å². The number of carbonyl (C=O) groups is 2. The molecule has 1 fully saturated rings. The van der Waals surface area contributed by atoms with Crippen molar-refractivity contribution in [2.24, 2.45) is 0 Å². The Morgan fingerprint density at radius 1 is 1.00 bits per heavy atom. The number of benzene rings is 3. The topological polar surface area (TPSA) is 49.4 Å². The van der Waals surface area contributed by atoms with Crippen LogP contribution in [0.15, 0.2) is 60.7 Å². The molecule has 26 heavy (non-hydrogen) atoms. The molecule has 130 valence electrons. The van der Waals surface area contributed by atoms with E-state index in [1.807, 2.05) is 42.5 Å². The Bertz CT molecular complexity index is 1040. The third kappa shape index (κ3) is 2.91. The van der Waals surface area contributed by atoms with Crippen LogP contribution in [0.1, 0.15) is 6.42 Å². The van der Waals surface area contributed by atoms with Crippen LogP contribution in [0.4, 0.5) is 15.8 Å². The maximum absolute atomic E-state index is 13.3. The molecular formula is C20H14ClFN2O2. The van der Waals surface area contributed by atoms with Gasteiger partial charge in [0, 0.05) is 5.69 Å². The normalized spacial score (nSPS) is 17.2. The third-order valence-corrected chi connectivity index (χ3v) is 4.69. The van der Waals surface area contributed by atoms with Gasteiger partial charge in [-0.15, -0.1) is 0 Å². The predicted octanol–water partition coefficient (Wildman–Crippen LogP) is 4.38. The first kappa shape index (κ1) is 16.5. The molecule has 3 aromatic carbocycles. The fourth-order valence-electron chi connectivity index (χ4n) is 3.12. The molecule has 0 radical (unpaired) electrons. The fraction of sp³-hybridized carbons (Fsp3) is 0.100. The molecule has 0 unspecified atom stereocenters. The monoisotopic (exact) mass is 368 g/mol. The lowest BCUT2D eigenvalue weighted by Gasteiger charge is -2.16. The van der Waals surface area contributed by atoms with Gasteiger partial charge in [-0.2, -0.15) is 0 Å². The molecule has 4 nitrogen and oxygen atoms in total. The van der Waals surface area contributed by atoms with Crippen LogP contribution >= 0.6 is 11.6 Å². The summed E-state index contributed by atoms with van der Waals surface area (Å²) in [5.74, 6) is -1.33. The minimum Gasteiger partial charge on any atom is -0.373 e. The second kappa shape index (κ2) is 6.42. The maximum atomic E-state index is 13.3. The first-order valence-electron chi connectivity index (χ1n) is 8.10. The SMILES string of the molecule is O=C1C[C@@H](Nc2ccc3ccccc3c2)C(=O)N1c1ccc(F)c(Cl)c1. The van der Waals surface area contributed by atoms with Crippen molar-refractivity contribution in [3.05, 3.63) is 71.5 Å². The second-order valence-corrected chi connectivity index (χ2v) is 6.54. The highest BCUT2D eigenvalue weighted by atomic mass is 35.5. The smallest absolute Gasteiger partial charge is 0.256 e. The minimum absolute atomic E-state index is 0.0284. The summed E-state index contributed by atoms with van der Waals surface area (Å²) < 4.78 is 13.3. The number of carbonyl (C=O) groups excluding carboxylic acids is 2. The van der Waals surface area contributed by atoms with Crippen LogP contribution in [0.2, 0.25) is 5.02 Å². The van der Waals surface area contributed by atoms with Crippen molar-refractivity contribution in [2.75, 3.05) is 10.2 Å². The molecule has 0 bridgehead atoms. The summed E-state index contributed by atoms with van der Waals surface area (Å²) >= 11 is 5.77. The molecule has 0 aliphatic carbocycles. The Hall–Kier alpha value is -2.92. The van der Waals surface area contributed by atoms with Gasteiger partial charge in [-0.25, -0.2) is 9.29 Å². The van der Waals surface area contributed by atoms with E-state index in [1.54, 1.807) is 0 Å². The fourth-order valence-corrected chi connectivity index (χ4v) is 3.30. The summed E-state index contributed by atoms with van der Waals surface area (Å²) in [7, 11) is 0. The van der Waals surface area contributed by atoms with Crippen molar-refractivity contribution in [2.45, 2.75) is 12.5 Å². The van der Waals surface area contributed by atoms with Crippen molar-refractivity contribution in [3.8, 4) is 0 Å². The van der Waals surface area contributed by atoms with Gasteiger partial charge in [-0.05, 0) is 41.1 Å². The van der Waals surface area contributed by atoms with E-state index in [0.717, 1.165) is 27.4 Å². The molecular weight excluding hydrogens is 355 g/mol. The largest absolute Gasteiger partial charge is 0.373 e. The summed E-state index contributed by atoms with van der Waals surface area (Å²) in [6, 6.07) is 16.8. The van der Waals surface area contributed by atoms with E-state index in [1.165, 1.54) is 12.1 Å². The molecule has 4 rings (SSSR count). The molecule has 1 saturated heterocycles. The number of hydrogen-bond donors (Lipinski definition) is 1. The average molecular weight is 369 g/mol. The zero-order valence-corrected chi connectivity index (χ0v) is 14.3. The van der Waals surface area contributed by atoms with Crippen LogP contribution in [-0.4, -0.2) is 17.9 Å². The van der Waals surface area contributed by atoms with Crippen molar-refractivity contribution < 1.29 is 14.0 Å². The lowest BCUT2D eigenvalue weighted by atomic mass is 10.1. The molecule has 2 amide bonds. The zero-order chi connectivity index (χ0) is 18.3. The summed E-state index contributed by atoms with van der Waals surface area (Å²) in [5.41, 5.74) is 1.03. The Labute approximate surface area is 154 Å². The van der Waals surface area contributed by atoms with Gasteiger partial charge in [0.2, 0.25) is 5.91 Å². The molecule has 1 N–H and O–H groups in total. The van der Waals surface area contributed by atoms with E-state index in [-0.39, 0.29) is 28.9 Å². The van der Waals surface area contributed by atoms with Gasteiger partial charge in [0.05, 0.1) is 17.1 Å². The van der Waals surface area contributed by atoms with Gasteiger partial charge >= 0.3 is 0 Å². The summed E-state index contributed by atoms with van der Waals surface area (Å²) in [6.45, 7) is 0. The molecule has 0 spiro atoms. The lowest BCUT2D eigenvalue weighted by molar-refractivity contribution is -0.121. The van der Waals surface area contributed by atoms with E-state index in [2.05, 4.69) is 5.32 Å². The zero-order valence-electron chi connectivity index (χ0n) is 13.6. The Morgan fingerprint density at radius 3 is 2.54 bits per heavy atom. The van der Waals surface area contributed by atoms with E-state index >= 15 is 0 Å². The second-order valence-electron chi connectivity index (χ2n) is 6.13. The highest BCUT2D eigenvalue weighted by molar-refractivity contribution is 6.31. The number of anilines is 2. The highest BCUT2D eigenvalue weighted by Crippen LogP contribution is 2.29. The molecule has 1 aliphatic rings. The van der Waals surface area contributed by atoms with Crippen molar-refractivity contribution in [3.63, 3.8) is 0 Å². The number of halogens is 2. The minimum atomic E-state index is -0.674. The number of fused-ring (bicyclic) bond motifs is 1. The van der Waals surface area contributed by atoms with E-state index in [4.69, 9.17) is 11.6 Å². The highest BCUT2D eigenvalue weighted by Gasteiger charge is 2.39. The number of nitrogens with zero attached hydrogens (tertiary/aromatic N) is 1. The Kier molecular flexibility index (Phi) is 4.09. The first-order chi connectivity index (χ1) is 12.5. The van der Waals surface area contributed by atoms with E-state index < -0.39 is 11.9 Å². The van der Waals surface area contributed by atoms with Crippen LogP contribution in [0.5, 0.6) is 0 Å². The summed E-state index contributed by atoms with van der Waals surface area (Å²) in [6.07, 6.45) is 0.0284. The molecule has 6 heteroatoms. The molecule has 0 aromatic heterocycles. The van der Waals surface area contributed by atoms with Gasteiger partial charge < -0.3 is 5.32 Å². The van der Waals surface area contributed by atoms with Crippen LogP contribution in [0.3, 0.4) is 0 Å². The van der Waals surface area contributed by atoms with Crippen LogP contribution in [-0.2, 0) is 9.59 Å². The number of imide groups is 1. The van der Waals surface area contributed by atoms with Crippen LogP contribution < -0.4 is 10.2 Å².